The van der Waals surface area contributed by atoms with Crippen LogP contribution in [0.3, 0.4) is 0 Å². The van der Waals surface area contributed by atoms with Gasteiger partial charge in [0, 0.05) is 13.2 Å². The van der Waals surface area contributed by atoms with Crippen LogP contribution in [0.2, 0.25) is 0 Å². The van der Waals surface area contributed by atoms with Crippen LogP contribution in [0.5, 0.6) is 0 Å². The smallest absolute Gasteiger partial charge is 0.0716 e. The molecule has 0 saturated heterocycles. The molecular formula is C32H34O2. The Labute approximate surface area is 204 Å². The van der Waals surface area contributed by atoms with Gasteiger partial charge in [0.05, 0.1) is 13.2 Å². The summed E-state index contributed by atoms with van der Waals surface area (Å²) in [4.78, 5) is 0. The van der Waals surface area contributed by atoms with Gasteiger partial charge in [0.2, 0.25) is 0 Å². The molecule has 0 unspecified atom stereocenters. The second kappa shape index (κ2) is 13.5. The summed E-state index contributed by atoms with van der Waals surface area (Å²) in [5.74, 6) is 0. The zero-order valence-electron chi connectivity index (χ0n) is 19.9. The van der Waals surface area contributed by atoms with Gasteiger partial charge in [-0.05, 0) is 59.1 Å². The molecule has 0 bridgehead atoms. The molecule has 2 heteroatoms. The Morgan fingerprint density at radius 1 is 0.412 bits per heavy atom. The van der Waals surface area contributed by atoms with Crippen LogP contribution in [0.15, 0.2) is 109 Å². The van der Waals surface area contributed by atoms with Gasteiger partial charge in [0.15, 0.2) is 0 Å². The van der Waals surface area contributed by atoms with Crippen LogP contribution in [-0.2, 0) is 35.5 Å². The fourth-order valence-electron chi connectivity index (χ4n) is 4.13. The van der Waals surface area contributed by atoms with Crippen molar-refractivity contribution in [2.75, 3.05) is 13.2 Å². The number of aryl methyl sites for hydroxylation is 2. The van der Waals surface area contributed by atoms with Gasteiger partial charge in [-0.2, -0.15) is 0 Å². The molecule has 0 heterocycles. The fraction of sp³-hybridized carbons (Fsp3) is 0.250. The summed E-state index contributed by atoms with van der Waals surface area (Å²) in [5.41, 5.74) is 7.78. The monoisotopic (exact) mass is 450 g/mol. The third-order valence-corrected chi connectivity index (χ3v) is 5.89. The standard InChI is InChI=1S/C32H34O2/c1-4-12-27(13-5-1)25-33-20-10-16-29-22-30(24-32(23-29)31-18-8-3-9-19-31)17-11-21-34-26-28-14-6-2-7-15-28/h1-9,12-15,18-19,22-24H,10-11,16-17,20-21,25-26H2. The maximum Gasteiger partial charge on any atom is 0.0716 e. The molecule has 0 N–H and O–H groups in total. The Hall–Kier alpha value is -3.20. The first-order chi connectivity index (χ1) is 16.9. The van der Waals surface area contributed by atoms with Crippen molar-refractivity contribution in [1.29, 1.82) is 0 Å². The lowest BCUT2D eigenvalue weighted by molar-refractivity contribution is 0.118. The highest BCUT2D eigenvalue weighted by Crippen LogP contribution is 2.24. The molecular weight excluding hydrogens is 416 g/mol. The summed E-state index contributed by atoms with van der Waals surface area (Å²) in [6, 6.07) is 38.4. The SMILES string of the molecule is c1ccc(COCCCc2cc(CCCOCc3ccccc3)cc(-c3ccccc3)c2)cc1. The summed E-state index contributed by atoms with van der Waals surface area (Å²) < 4.78 is 11.8. The van der Waals surface area contributed by atoms with Gasteiger partial charge < -0.3 is 9.47 Å². The van der Waals surface area contributed by atoms with Crippen molar-refractivity contribution < 1.29 is 9.47 Å². The van der Waals surface area contributed by atoms with E-state index in [9.17, 15) is 0 Å². The van der Waals surface area contributed by atoms with Crippen molar-refractivity contribution in [2.45, 2.75) is 38.9 Å². The van der Waals surface area contributed by atoms with E-state index in [1.807, 2.05) is 12.1 Å². The largest absolute Gasteiger partial charge is 0.377 e. The van der Waals surface area contributed by atoms with Crippen molar-refractivity contribution in [3.63, 3.8) is 0 Å². The molecule has 0 saturated carbocycles. The molecule has 4 aromatic carbocycles. The van der Waals surface area contributed by atoms with E-state index >= 15 is 0 Å². The zero-order chi connectivity index (χ0) is 23.3. The van der Waals surface area contributed by atoms with Crippen molar-refractivity contribution in [3.8, 4) is 11.1 Å². The molecule has 0 aliphatic carbocycles. The summed E-state index contributed by atoms with van der Waals surface area (Å²) in [6.45, 7) is 2.90. The zero-order valence-corrected chi connectivity index (χ0v) is 19.9. The van der Waals surface area contributed by atoms with Gasteiger partial charge in [-0.15, -0.1) is 0 Å². The highest BCUT2D eigenvalue weighted by molar-refractivity contribution is 5.65. The highest BCUT2D eigenvalue weighted by atomic mass is 16.5. The van der Waals surface area contributed by atoms with Crippen LogP contribution in [0, 0.1) is 0 Å². The van der Waals surface area contributed by atoms with Gasteiger partial charge in [-0.3, -0.25) is 0 Å². The topological polar surface area (TPSA) is 18.5 Å². The van der Waals surface area contributed by atoms with E-state index in [0.717, 1.165) is 38.9 Å². The molecule has 4 aromatic rings. The lowest BCUT2D eigenvalue weighted by Gasteiger charge is -2.11. The summed E-state index contributed by atoms with van der Waals surface area (Å²) in [5, 5.41) is 0. The van der Waals surface area contributed by atoms with Crippen molar-refractivity contribution in [2.24, 2.45) is 0 Å². The Morgan fingerprint density at radius 3 is 1.32 bits per heavy atom. The van der Waals surface area contributed by atoms with E-state index in [1.54, 1.807) is 0 Å². The van der Waals surface area contributed by atoms with Crippen LogP contribution < -0.4 is 0 Å². The minimum atomic E-state index is 0.680. The van der Waals surface area contributed by atoms with Crippen molar-refractivity contribution in [3.05, 3.63) is 131 Å². The quantitative estimate of drug-likeness (QED) is 0.195. The van der Waals surface area contributed by atoms with Crippen molar-refractivity contribution in [1.82, 2.24) is 0 Å². The molecule has 0 radical (unpaired) electrons. The van der Waals surface area contributed by atoms with Gasteiger partial charge >= 0.3 is 0 Å². The van der Waals surface area contributed by atoms with Gasteiger partial charge in [0.1, 0.15) is 0 Å². The van der Waals surface area contributed by atoms with Gasteiger partial charge in [-0.1, -0.05) is 109 Å². The number of rotatable bonds is 13. The molecule has 34 heavy (non-hydrogen) atoms. The summed E-state index contributed by atoms with van der Waals surface area (Å²) in [7, 11) is 0. The minimum absolute atomic E-state index is 0.680. The first-order valence-corrected chi connectivity index (χ1v) is 12.3. The van der Waals surface area contributed by atoms with Gasteiger partial charge in [0.25, 0.3) is 0 Å². The molecule has 174 valence electrons. The second-order valence-corrected chi connectivity index (χ2v) is 8.69. The Balaban J connectivity index is 1.30. The molecule has 4 rings (SSSR count). The molecule has 0 fully saturated rings. The molecule has 0 spiro atoms. The minimum Gasteiger partial charge on any atom is -0.377 e. The number of ether oxygens (including phenoxy) is 2. The third-order valence-electron chi connectivity index (χ3n) is 5.89. The normalized spacial score (nSPS) is 10.9. The molecule has 0 aromatic heterocycles. The first kappa shape index (κ1) is 23.9. The molecule has 0 aliphatic heterocycles. The first-order valence-electron chi connectivity index (χ1n) is 12.3. The van der Waals surface area contributed by atoms with Gasteiger partial charge in [-0.25, -0.2) is 0 Å². The average Bonchev–Trinajstić information content (AvgIpc) is 2.90. The van der Waals surface area contributed by atoms with Crippen LogP contribution in [0.4, 0.5) is 0 Å². The van der Waals surface area contributed by atoms with Crippen molar-refractivity contribution >= 4 is 0 Å². The van der Waals surface area contributed by atoms with E-state index in [4.69, 9.17) is 9.47 Å². The second-order valence-electron chi connectivity index (χ2n) is 8.69. The van der Waals surface area contributed by atoms with E-state index in [1.165, 1.54) is 33.4 Å². The van der Waals surface area contributed by atoms with E-state index in [2.05, 4.69) is 97.1 Å². The Morgan fingerprint density at radius 2 is 0.853 bits per heavy atom. The maximum atomic E-state index is 5.90. The fourth-order valence-corrected chi connectivity index (χ4v) is 4.13. The average molecular weight is 451 g/mol. The molecule has 0 aliphatic rings. The predicted molar refractivity (Wildman–Crippen MR) is 141 cm³/mol. The lowest BCUT2D eigenvalue weighted by atomic mass is 9.96. The summed E-state index contributed by atoms with van der Waals surface area (Å²) in [6.07, 6.45) is 4.08. The molecule has 0 amide bonds. The lowest BCUT2D eigenvalue weighted by Crippen LogP contribution is -2.00. The molecule has 0 atom stereocenters. The Kier molecular flexibility index (Phi) is 9.50. The third kappa shape index (κ3) is 7.98. The molecule has 2 nitrogen and oxygen atoms in total. The van der Waals surface area contributed by atoms with E-state index in [0.29, 0.717) is 13.2 Å². The number of hydrogen-bond donors (Lipinski definition) is 0. The van der Waals surface area contributed by atoms with Crippen LogP contribution in [-0.4, -0.2) is 13.2 Å². The summed E-state index contributed by atoms with van der Waals surface area (Å²) >= 11 is 0. The number of hydrogen-bond acceptors (Lipinski definition) is 2. The maximum absolute atomic E-state index is 5.90. The highest BCUT2D eigenvalue weighted by Gasteiger charge is 2.05. The van der Waals surface area contributed by atoms with E-state index < -0.39 is 0 Å². The van der Waals surface area contributed by atoms with Crippen LogP contribution in [0.1, 0.15) is 35.1 Å². The van der Waals surface area contributed by atoms with E-state index in [-0.39, 0.29) is 0 Å². The number of benzene rings is 4. The Bertz CT molecular complexity index is 1020. The predicted octanol–water partition coefficient (Wildman–Crippen LogP) is 7.65. The van der Waals surface area contributed by atoms with Crippen LogP contribution in [0.25, 0.3) is 11.1 Å². The van der Waals surface area contributed by atoms with Crippen LogP contribution >= 0.6 is 0 Å².